The summed E-state index contributed by atoms with van der Waals surface area (Å²) in [7, 11) is 0. The highest BCUT2D eigenvalue weighted by molar-refractivity contribution is 5.85. The van der Waals surface area contributed by atoms with E-state index in [1.54, 1.807) is 6.07 Å². The van der Waals surface area contributed by atoms with Crippen molar-refractivity contribution in [3.63, 3.8) is 0 Å². The summed E-state index contributed by atoms with van der Waals surface area (Å²) >= 11 is 0. The average Bonchev–Trinajstić information content (AvgIpc) is 2.97. The molecular weight excluding hydrogens is 416 g/mol. The van der Waals surface area contributed by atoms with Crippen LogP contribution in [0.5, 0.6) is 5.75 Å². The predicted molar refractivity (Wildman–Crippen MR) is 107 cm³/mol. The first-order valence-corrected chi connectivity index (χ1v) is 9.33. The molecule has 1 aliphatic carbocycles. The van der Waals surface area contributed by atoms with Crippen molar-refractivity contribution in [1.82, 2.24) is 4.90 Å². The van der Waals surface area contributed by atoms with Crippen LogP contribution in [0.4, 0.5) is 13.2 Å². The maximum absolute atomic E-state index is 12.6. The fourth-order valence-electron chi connectivity index (χ4n) is 4.35. The summed E-state index contributed by atoms with van der Waals surface area (Å²) < 4.78 is 41.8. The van der Waals surface area contributed by atoms with Gasteiger partial charge >= 0.3 is 6.36 Å². The molecular formula is C19H29Cl2F3N2O2. The molecule has 0 aromatic heterocycles. The van der Waals surface area contributed by atoms with E-state index >= 15 is 0 Å². The second-order valence-corrected chi connectivity index (χ2v) is 7.55. The number of nitrogens with two attached hydrogens (primary N) is 1. The maximum atomic E-state index is 12.6. The first-order valence-electron chi connectivity index (χ1n) is 9.33. The van der Waals surface area contributed by atoms with Gasteiger partial charge in [0.05, 0.1) is 6.10 Å². The highest BCUT2D eigenvalue weighted by atomic mass is 35.5. The smallest absolute Gasteiger partial charge is 0.406 e. The number of hydrogen-bond donors (Lipinski definition) is 2. The SMILES string of the molecule is Cl.Cl.N[C@H]1CCN(CC(c2cccc(OC(F)(F)F)c2)C2CCCCC2O)C1. The predicted octanol–water partition coefficient (Wildman–Crippen LogP) is 4.10. The van der Waals surface area contributed by atoms with Crippen molar-refractivity contribution >= 4 is 24.8 Å². The normalized spacial score (nSPS) is 26.8. The number of hydrogen-bond acceptors (Lipinski definition) is 4. The average molecular weight is 445 g/mol. The molecule has 4 nitrogen and oxygen atoms in total. The summed E-state index contributed by atoms with van der Waals surface area (Å²) in [6, 6.07) is 6.36. The number of aliphatic hydroxyl groups excluding tert-OH is 1. The molecule has 0 radical (unpaired) electrons. The van der Waals surface area contributed by atoms with E-state index in [-0.39, 0.29) is 48.4 Å². The van der Waals surface area contributed by atoms with Gasteiger partial charge in [-0.25, -0.2) is 0 Å². The van der Waals surface area contributed by atoms with E-state index in [4.69, 9.17) is 5.73 Å². The third-order valence-electron chi connectivity index (χ3n) is 5.58. The number of nitrogens with zero attached hydrogens (tertiary/aromatic N) is 1. The van der Waals surface area contributed by atoms with E-state index in [1.807, 2.05) is 6.07 Å². The molecule has 3 rings (SSSR count). The molecule has 3 unspecified atom stereocenters. The molecule has 1 aromatic carbocycles. The van der Waals surface area contributed by atoms with Crippen LogP contribution in [-0.2, 0) is 0 Å². The van der Waals surface area contributed by atoms with E-state index in [1.165, 1.54) is 12.1 Å². The van der Waals surface area contributed by atoms with Crippen LogP contribution in [0.15, 0.2) is 24.3 Å². The Morgan fingerprint density at radius 1 is 1.18 bits per heavy atom. The van der Waals surface area contributed by atoms with Crippen molar-refractivity contribution in [3.05, 3.63) is 29.8 Å². The zero-order valence-corrected chi connectivity index (χ0v) is 17.2. The van der Waals surface area contributed by atoms with Gasteiger partial charge in [0.15, 0.2) is 0 Å². The Hall–Kier alpha value is -0.730. The topological polar surface area (TPSA) is 58.7 Å². The van der Waals surface area contributed by atoms with Gasteiger partial charge in [-0.3, -0.25) is 0 Å². The monoisotopic (exact) mass is 444 g/mol. The maximum Gasteiger partial charge on any atom is 0.573 e. The van der Waals surface area contributed by atoms with E-state index in [2.05, 4.69) is 9.64 Å². The summed E-state index contributed by atoms with van der Waals surface area (Å²) in [6.45, 7) is 2.38. The quantitative estimate of drug-likeness (QED) is 0.717. The minimum Gasteiger partial charge on any atom is -0.406 e. The second-order valence-electron chi connectivity index (χ2n) is 7.55. The third kappa shape index (κ3) is 6.95. The minimum atomic E-state index is -4.71. The summed E-state index contributed by atoms with van der Waals surface area (Å²) in [5.74, 6) is -0.197. The Labute approximate surface area is 176 Å². The Bertz CT molecular complexity index is 607. The van der Waals surface area contributed by atoms with Crippen LogP contribution >= 0.6 is 24.8 Å². The van der Waals surface area contributed by atoms with Gasteiger partial charge in [-0.1, -0.05) is 25.0 Å². The molecule has 0 spiro atoms. The molecule has 1 aromatic rings. The van der Waals surface area contributed by atoms with Gasteiger partial charge in [0.1, 0.15) is 5.75 Å². The zero-order valence-electron chi connectivity index (χ0n) is 15.6. The number of alkyl halides is 3. The molecule has 2 fully saturated rings. The van der Waals surface area contributed by atoms with Crippen LogP contribution in [0.3, 0.4) is 0 Å². The Morgan fingerprint density at radius 2 is 1.89 bits per heavy atom. The number of ether oxygens (including phenoxy) is 1. The number of halogens is 5. The lowest BCUT2D eigenvalue weighted by molar-refractivity contribution is -0.274. The van der Waals surface area contributed by atoms with Gasteiger partial charge in [0, 0.05) is 25.0 Å². The van der Waals surface area contributed by atoms with Gasteiger partial charge in [0.2, 0.25) is 0 Å². The highest BCUT2D eigenvalue weighted by Crippen LogP contribution is 2.38. The summed E-state index contributed by atoms with van der Waals surface area (Å²) in [5, 5.41) is 10.5. The van der Waals surface area contributed by atoms with E-state index in [0.29, 0.717) is 6.54 Å². The lowest BCUT2D eigenvalue weighted by Crippen LogP contribution is -2.37. The first kappa shape index (κ1) is 25.3. The molecule has 1 saturated carbocycles. The van der Waals surface area contributed by atoms with Crippen molar-refractivity contribution in [2.45, 2.75) is 56.5 Å². The van der Waals surface area contributed by atoms with Crippen LogP contribution < -0.4 is 10.5 Å². The van der Waals surface area contributed by atoms with Gasteiger partial charge in [-0.15, -0.1) is 38.0 Å². The standard InChI is InChI=1S/C19H27F3N2O2.2ClH/c20-19(21,22)26-15-5-3-4-13(10-15)17(12-24-9-8-14(23)11-24)16-6-1-2-7-18(16)25;;/h3-5,10,14,16-18,25H,1-2,6-9,11-12,23H2;2*1H/t14-,16?,17?,18?;;/m0../s1. The van der Waals surface area contributed by atoms with Crippen LogP contribution in [0, 0.1) is 5.92 Å². The fourth-order valence-corrected chi connectivity index (χ4v) is 4.35. The molecule has 9 heteroatoms. The lowest BCUT2D eigenvalue weighted by Gasteiger charge is -2.37. The van der Waals surface area contributed by atoms with E-state index in [0.717, 1.165) is 50.8 Å². The highest BCUT2D eigenvalue weighted by Gasteiger charge is 2.35. The van der Waals surface area contributed by atoms with Crippen LogP contribution in [0.2, 0.25) is 0 Å². The van der Waals surface area contributed by atoms with Crippen molar-refractivity contribution in [3.8, 4) is 5.75 Å². The Balaban J connectivity index is 0.00000196. The molecule has 3 N–H and O–H groups in total. The molecule has 2 aliphatic rings. The van der Waals surface area contributed by atoms with Gasteiger partial charge < -0.3 is 20.5 Å². The van der Waals surface area contributed by atoms with Gasteiger partial charge in [-0.2, -0.15) is 0 Å². The number of aliphatic hydroxyl groups is 1. The number of benzene rings is 1. The molecule has 0 bridgehead atoms. The third-order valence-corrected chi connectivity index (χ3v) is 5.58. The lowest BCUT2D eigenvalue weighted by atomic mass is 9.74. The van der Waals surface area contributed by atoms with Crippen LogP contribution in [0.25, 0.3) is 0 Å². The molecule has 28 heavy (non-hydrogen) atoms. The summed E-state index contributed by atoms with van der Waals surface area (Å²) in [6.07, 6.45) is -0.531. The van der Waals surface area contributed by atoms with Gasteiger partial charge in [0.25, 0.3) is 0 Å². The molecule has 4 atom stereocenters. The van der Waals surface area contributed by atoms with Crippen molar-refractivity contribution in [1.29, 1.82) is 0 Å². The fraction of sp³-hybridized carbons (Fsp3) is 0.684. The van der Waals surface area contributed by atoms with Crippen molar-refractivity contribution in [2.24, 2.45) is 11.7 Å². The molecule has 0 amide bonds. The summed E-state index contributed by atoms with van der Waals surface area (Å²) in [5.41, 5.74) is 6.79. The largest absolute Gasteiger partial charge is 0.573 e. The second kappa shape index (κ2) is 10.9. The zero-order chi connectivity index (χ0) is 18.7. The minimum absolute atomic E-state index is 0. The van der Waals surface area contributed by atoms with E-state index < -0.39 is 12.5 Å². The summed E-state index contributed by atoms with van der Waals surface area (Å²) in [4.78, 5) is 2.26. The van der Waals surface area contributed by atoms with Crippen LogP contribution in [0.1, 0.15) is 43.6 Å². The first-order chi connectivity index (χ1) is 12.3. The molecule has 1 aliphatic heterocycles. The molecule has 162 valence electrons. The Morgan fingerprint density at radius 3 is 2.50 bits per heavy atom. The van der Waals surface area contributed by atoms with Crippen molar-refractivity contribution in [2.75, 3.05) is 19.6 Å². The number of rotatable bonds is 5. The van der Waals surface area contributed by atoms with E-state index in [9.17, 15) is 18.3 Å². The van der Waals surface area contributed by atoms with Crippen LogP contribution in [-0.4, -0.2) is 48.1 Å². The van der Waals surface area contributed by atoms with Crippen molar-refractivity contribution < 1.29 is 23.0 Å². The molecule has 1 heterocycles. The number of likely N-dealkylation sites (tertiary alicyclic amines) is 1. The Kier molecular flexibility index (Phi) is 9.83. The molecule has 1 saturated heterocycles. The van der Waals surface area contributed by atoms with Gasteiger partial charge in [-0.05, 0) is 49.4 Å².